The van der Waals surface area contributed by atoms with Gasteiger partial charge in [0.05, 0.1) is 11.9 Å². The van der Waals surface area contributed by atoms with Crippen LogP contribution in [0.2, 0.25) is 8.87 Å². The second-order valence-corrected chi connectivity index (χ2v) is 11.2. The zero-order chi connectivity index (χ0) is 20.1. The fraction of sp³-hybridized carbons (Fsp3) is 0.889. The summed E-state index contributed by atoms with van der Waals surface area (Å²) in [6.45, 7) is 8.60. The van der Waals surface area contributed by atoms with Gasteiger partial charge in [0.1, 0.15) is 0 Å². The molecule has 148 valence electrons. The van der Waals surface area contributed by atoms with Crippen LogP contribution in [-0.4, -0.2) is 43.6 Å². The van der Waals surface area contributed by atoms with Crippen LogP contribution in [0.15, 0.2) is 0 Å². The van der Waals surface area contributed by atoms with Crippen LogP contribution >= 0.6 is 25.3 Å². The molecule has 0 aromatic heterocycles. The Bertz CT molecular complexity index is 277. The van der Waals surface area contributed by atoms with Gasteiger partial charge in [0, 0.05) is 10.5 Å². The number of hydrogen-bond acceptors (Lipinski definition) is 6. The molecule has 0 N–H and O–H groups in total. The van der Waals surface area contributed by atoms with Crippen molar-refractivity contribution in [1.29, 1.82) is 0 Å². The van der Waals surface area contributed by atoms with E-state index in [1.807, 2.05) is 13.8 Å². The average Bonchev–Trinajstić information content (AvgIpc) is 2.58. The Kier molecular flexibility index (Phi) is 29.5. The molecule has 0 aromatic rings. The van der Waals surface area contributed by atoms with Crippen molar-refractivity contribution < 1.29 is 19.8 Å². The van der Waals surface area contributed by atoms with Crippen molar-refractivity contribution in [2.45, 2.75) is 98.4 Å². The molecule has 0 heterocycles. The normalized spacial score (nSPS) is 11.8. The Morgan fingerprint density at radius 2 is 1.08 bits per heavy atom. The molecule has 0 bridgehead atoms. The summed E-state index contributed by atoms with van der Waals surface area (Å²) < 4.78 is 3.19. The molecule has 0 spiro atoms. The van der Waals surface area contributed by atoms with E-state index in [9.17, 15) is 19.8 Å². The topological polar surface area (TPSA) is 80.3 Å². The number of aliphatic carboxylic acids is 2. The van der Waals surface area contributed by atoms with Gasteiger partial charge in [-0.2, -0.15) is 25.3 Å². The van der Waals surface area contributed by atoms with Crippen LogP contribution in [0.1, 0.15) is 79.1 Å². The van der Waals surface area contributed by atoms with Crippen LogP contribution in [0.25, 0.3) is 0 Å². The van der Waals surface area contributed by atoms with Crippen LogP contribution in [0.3, 0.4) is 0 Å². The molecule has 0 rings (SSSR count). The maximum atomic E-state index is 10.0. The minimum absolute atomic E-state index is 0.181. The third kappa shape index (κ3) is 29.5. The molecule has 25 heavy (non-hydrogen) atoms. The summed E-state index contributed by atoms with van der Waals surface area (Å²) in [7, 11) is 0. The molecular weight excluding hydrogens is 463 g/mol. The van der Waals surface area contributed by atoms with Crippen molar-refractivity contribution >= 4 is 58.3 Å². The number of unbranched alkanes of at least 4 members (excludes halogenated alkanes) is 2. The van der Waals surface area contributed by atoms with Crippen LogP contribution < -0.4 is 10.2 Å². The van der Waals surface area contributed by atoms with Crippen LogP contribution in [-0.2, 0) is 9.59 Å². The first-order valence-electron chi connectivity index (χ1n) is 9.26. The first-order chi connectivity index (χ1) is 11.8. The van der Waals surface area contributed by atoms with Crippen molar-refractivity contribution in [2.24, 2.45) is 0 Å². The first kappa shape index (κ1) is 30.2. The first-order valence-corrected chi connectivity index (χ1v) is 14.3. The molecule has 0 amide bonds. The Morgan fingerprint density at radius 1 is 0.760 bits per heavy atom. The van der Waals surface area contributed by atoms with E-state index in [1.54, 1.807) is 8.87 Å². The number of carbonyl (C=O) groups is 2. The van der Waals surface area contributed by atoms with Gasteiger partial charge in [0.25, 0.3) is 0 Å². The van der Waals surface area contributed by atoms with E-state index in [0.717, 1.165) is 25.7 Å². The van der Waals surface area contributed by atoms with E-state index in [4.69, 9.17) is 0 Å². The molecule has 0 radical (unpaired) electrons. The number of carboxylic acid groups (broad SMARTS) is 2. The fourth-order valence-corrected chi connectivity index (χ4v) is 4.61. The number of rotatable bonds is 12. The summed E-state index contributed by atoms with van der Waals surface area (Å²) in [4.78, 5) is 20.0. The number of carboxylic acids is 2. The van der Waals surface area contributed by atoms with E-state index in [2.05, 4.69) is 39.1 Å². The van der Waals surface area contributed by atoms with Crippen LogP contribution in [0.4, 0.5) is 0 Å². The van der Waals surface area contributed by atoms with Crippen molar-refractivity contribution in [3.05, 3.63) is 0 Å². The molecule has 2 atom stereocenters. The molecule has 0 aliphatic heterocycles. The van der Waals surface area contributed by atoms with E-state index >= 15 is 0 Å². The predicted molar refractivity (Wildman–Crippen MR) is 111 cm³/mol. The van der Waals surface area contributed by atoms with E-state index in [1.165, 1.54) is 12.8 Å². The Labute approximate surface area is 176 Å². The summed E-state index contributed by atoms with van der Waals surface area (Å²) in [5.41, 5.74) is 0. The van der Waals surface area contributed by atoms with Gasteiger partial charge >= 0.3 is 56.7 Å². The van der Waals surface area contributed by atoms with E-state index in [0.29, 0.717) is 12.8 Å². The van der Waals surface area contributed by atoms with Crippen molar-refractivity contribution in [3.63, 3.8) is 0 Å². The molecular formula is C18H36O4S2Sn. The Morgan fingerprint density at radius 3 is 1.28 bits per heavy atom. The summed E-state index contributed by atoms with van der Waals surface area (Å²) in [5.74, 6) is -2.13. The van der Waals surface area contributed by atoms with Crippen molar-refractivity contribution in [1.82, 2.24) is 0 Å². The van der Waals surface area contributed by atoms with Gasteiger partial charge < -0.3 is 19.8 Å². The fourth-order valence-electron chi connectivity index (χ4n) is 1.51. The van der Waals surface area contributed by atoms with Gasteiger partial charge in [0.15, 0.2) is 0 Å². The summed E-state index contributed by atoms with van der Waals surface area (Å²) in [5, 5.41) is 18.9. The Hall–Kier alpha value is 0.439. The molecule has 0 fully saturated rings. The standard InChI is InChI=1S/2C6H12O2S.2C3H7.Sn/c2*1-2-3-4-5(9)6(7)8;2*1-3-2;/h2*5,9H,2-4H2,1H3,(H,7,8);2*1,3H2,2H3;/q;;;;+2/p-2. The monoisotopic (exact) mass is 500 g/mol. The van der Waals surface area contributed by atoms with E-state index in [-0.39, 0.29) is 21.1 Å². The molecule has 0 aromatic carbocycles. The second kappa shape index (κ2) is 24.4. The predicted octanol–water partition coefficient (Wildman–Crippen LogP) is 2.80. The summed E-state index contributed by atoms with van der Waals surface area (Å²) in [6, 6.07) is 0. The number of carbonyl (C=O) groups excluding carboxylic acids is 2. The Balaban J connectivity index is -0.000000293. The van der Waals surface area contributed by atoms with Gasteiger partial charge in [-0.25, -0.2) is 0 Å². The third-order valence-corrected chi connectivity index (χ3v) is 8.87. The van der Waals surface area contributed by atoms with Gasteiger partial charge in [0.2, 0.25) is 0 Å². The van der Waals surface area contributed by atoms with Gasteiger partial charge in [-0.3, -0.25) is 0 Å². The molecule has 0 aliphatic rings. The van der Waals surface area contributed by atoms with Gasteiger partial charge in [-0.05, 0) is 12.8 Å². The molecule has 0 aliphatic carbocycles. The average molecular weight is 499 g/mol. The zero-order valence-corrected chi connectivity index (χ0v) is 20.9. The minimum atomic E-state index is -1.06. The second-order valence-electron chi connectivity index (χ2n) is 5.70. The molecule has 7 heteroatoms. The summed E-state index contributed by atoms with van der Waals surface area (Å²) >= 11 is 7.78. The zero-order valence-electron chi connectivity index (χ0n) is 16.3. The molecule has 2 unspecified atom stereocenters. The van der Waals surface area contributed by atoms with Gasteiger partial charge in [-0.15, -0.1) is 0 Å². The molecule has 0 saturated carbocycles. The van der Waals surface area contributed by atoms with Crippen molar-refractivity contribution in [3.8, 4) is 0 Å². The van der Waals surface area contributed by atoms with Crippen LogP contribution in [0, 0.1) is 0 Å². The molecule has 0 saturated heterocycles. The third-order valence-electron chi connectivity index (χ3n) is 3.06. The number of thiol groups is 2. The maximum absolute atomic E-state index is 10.0. The van der Waals surface area contributed by atoms with Crippen LogP contribution in [0.5, 0.6) is 0 Å². The van der Waals surface area contributed by atoms with Crippen molar-refractivity contribution in [2.75, 3.05) is 0 Å². The van der Waals surface area contributed by atoms with E-state index < -0.39 is 22.4 Å². The quantitative estimate of drug-likeness (QED) is 0.246. The molecule has 4 nitrogen and oxygen atoms in total. The SMILES string of the molecule is CCCCC(S)C(=O)[O-].CCCCC(S)C(=O)[O-].CC[CH2][Sn+2][CH2]CC. The van der Waals surface area contributed by atoms with Gasteiger partial charge in [-0.1, -0.05) is 39.5 Å². The summed E-state index contributed by atoms with van der Waals surface area (Å²) in [6.07, 6.45) is 7.92. The number of hydrogen-bond donors (Lipinski definition) is 2.